The maximum atomic E-state index is 11.8. The van der Waals surface area contributed by atoms with Crippen LogP contribution in [0.5, 0.6) is 0 Å². The van der Waals surface area contributed by atoms with Crippen LogP contribution in [0.15, 0.2) is 22.7 Å². The molecule has 1 aliphatic rings. The largest absolute Gasteiger partial charge is 0.324 e. The maximum Gasteiger partial charge on any atom is 0.244 e. The first-order valence-corrected chi connectivity index (χ1v) is 5.85. The van der Waals surface area contributed by atoms with Gasteiger partial charge in [0.05, 0.1) is 11.8 Å². The molecule has 82 valence electrons. The van der Waals surface area contributed by atoms with Crippen LogP contribution in [0.1, 0.15) is 18.4 Å². The molecule has 4 heteroatoms. The first-order valence-electron chi connectivity index (χ1n) is 5.06. The molecule has 3 nitrogen and oxygen atoms in total. The highest BCUT2D eigenvalue weighted by molar-refractivity contribution is 9.10. The van der Waals surface area contributed by atoms with Crippen molar-refractivity contribution in [1.82, 2.24) is 0 Å². The summed E-state index contributed by atoms with van der Waals surface area (Å²) in [6.07, 6.45) is 1.33. The van der Waals surface area contributed by atoms with Crippen LogP contribution in [-0.2, 0) is 4.79 Å². The second kappa shape index (κ2) is 3.91. The number of halogens is 1. The third-order valence-electron chi connectivity index (χ3n) is 2.77. The fourth-order valence-electron chi connectivity index (χ4n) is 1.49. The second-order valence-corrected chi connectivity index (χ2v) is 4.99. The Morgan fingerprint density at radius 1 is 1.56 bits per heavy atom. The number of nitrogens with one attached hydrogen (secondary N) is 1. The summed E-state index contributed by atoms with van der Waals surface area (Å²) in [7, 11) is 0. The first kappa shape index (κ1) is 11.2. The van der Waals surface area contributed by atoms with Crippen LogP contribution >= 0.6 is 15.9 Å². The predicted molar refractivity (Wildman–Crippen MR) is 64.8 cm³/mol. The molecule has 1 amide bonds. The van der Waals surface area contributed by atoms with E-state index < -0.39 is 5.41 Å². The molecule has 1 saturated carbocycles. The zero-order valence-corrected chi connectivity index (χ0v) is 10.5. The molecule has 1 aromatic rings. The number of nitriles is 1. The summed E-state index contributed by atoms with van der Waals surface area (Å²) in [6, 6.07) is 7.80. The van der Waals surface area contributed by atoms with E-state index in [-0.39, 0.29) is 5.91 Å². The lowest BCUT2D eigenvalue weighted by molar-refractivity contribution is -0.119. The lowest BCUT2D eigenvalue weighted by Gasteiger charge is -2.10. The predicted octanol–water partition coefficient (Wildman–Crippen LogP) is 3.00. The topological polar surface area (TPSA) is 52.9 Å². The molecule has 0 unspecified atom stereocenters. The minimum atomic E-state index is -0.775. The summed E-state index contributed by atoms with van der Waals surface area (Å²) < 4.78 is 0.834. The molecule has 16 heavy (non-hydrogen) atoms. The van der Waals surface area contributed by atoms with Gasteiger partial charge >= 0.3 is 0 Å². The van der Waals surface area contributed by atoms with Gasteiger partial charge in [0, 0.05) is 4.47 Å². The summed E-state index contributed by atoms with van der Waals surface area (Å²) in [5.74, 6) is -0.193. The van der Waals surface area contributed by atoms with E-state index in [0.717, 1.165) is 15.7 Å². The maximum absolute atomic E-state index is 11.8. The quantitative estimate of drug-likeness (QED) is 0.904. The number of carbonyl (C=O) groups is 1. The number of benzene rings is 1. The standard InChI is InChI=1S/C12H11BrN2O/c1-8-2-3-9(13)10(6-8)15-11(16)12(7-14)4-5-12/h2-3,6H,4-5H2,1H3,(H,15,16). The molecule has 0 aromatic heterocycles. The van der Waals surface area contributed by atoms with E-state index >= 15 is 0 Å². The minimum absolute atomic E-state index is 0.193. The average molecular weight is 279 g/mol. The van der Waals surface area contributed by atoms with Crippen LogP contribution in [0.4, 0.5) is 5.69 Å². The average Bonchev–Trinajstić information content (AvgIpc) is 3.04. The van der Waals surface area contributed by atoms with Crippen molar-refractivity contribution in [3.8, 4) is 6.07 Å². The molecule has 0 saturated heterocycles. The molecule has 2 rings (SSSR count). The Balaban J connectivity index is 2.19. The van der Waals surface area contributed by atoms with Gasteiger partial charge in [-0.3, -0.25) is 4.79 Å². The minimum Gasteiger partial charge on any atom is -0.324 e. The van der Waals surface area contributed by atoms with Gasteiger partial charge in [0.2, 0.25) is 5.91 Å². The van der Waals surface area contributed by atoms with Crippen molar-refractivity contribution < 1.29 is 4.79 Å². The third kappa shape index (κ3) is 1.96. The Labute approximate surface area is 103 Å². The highest BCUT2D eigenvalue weighted by Gasteiger charge is 2.50. The van der Waals surface area contributed by atoms with Crippen LogP contribution in [0.2, 0.25) is 0 Å². The van der Waals surface area contributed by atoms with Gasteiger partial charge in [0.1, 0.15) is 5.41 Å². The number of hydrogen-bond donors (Lipinski definition) is 1. The number of aryl methyl sites for hydroxylation is 1. The summed E-state index contributed by atoms with van der Waals surface area (Å²) in [5, 5.41) is 11.7. The van der Waals surface area contributed by atoms with Crippen LogP contribution in [0, 0.1) is 23.7 Å². The summed E-state index contributed by atoms with van der Waals surface area (Å²) in [5.41, 5.74) is 1.02. The Morgan fingerprint density at radius 3 is 2.81 bits per heavy atom. The number of nitrogens with zero attached hydrogens (tertiary/aromatic N) is 1. The first-order chi connectivity index (χ1) is 7.57. The summed E-state index contributed by atoms with van der Waals surface area (Å²) in [4.78, 5) is 11.8. The van der Waals surface area contributed by atoms with Crippen molar-refractivity contribution in [3.05, 3.63) is 28.2 Å². The zero-order valence-electron chi connectivity index (χ0n) is 8.88. The molecule has 0 spiro atoms. The number of anilines is 1. The van der Waals surface area contributed by atoms with E-state index in [2.05, 4.69) is 27.3 Å². The fourth-order valence-corrected chi connectivity index (χ4v) is 1.84. The fraction of sp³-hybridized carbons (Fsp3) is 0.333. The smallest absolute Gasteiger partial charge is 0.244 e. The monoisotopic (exact) mass is 278 g/mol. The van der Waals surface area contributed by atoms with Gasteiger partial charge in [-0.15, -0.1) is 0 Å². The van der Waals surface area contributed by atoms with Crippen molar-refractivity contribution in [2.24, 2.45) is 5.41 Å². The number of amides is 1. The molecule has 0 heterocycles. The van der Waals surface area contributed by atoms with E-state index in [9.17, 15) is 4.79 Å². The van der Waals surface area contributed by atoms with Gasteiger partial charge in [-0.2, -0.15) is 5.26 Å². The number of hydrogen-bond acceptors (Lipinski definition) is 2. The molecular formula is C12H11BrN2O. The van der Waals surface area contributed by atoms with Gasteiger partial charge in [-0.25, -0.2) is 0 Å². The third-order valence-corrected chi connectivity index (χ3v) is 3.46. The molecule has 0 radical (unpaired) electrons. The lowest BCUT2D eigenvalue weighted by atomic mass is 10.1. The van der Waals surface area contributed by atoms with Crippen molar-refractivity contribution >= 4 is 27.5 Å². The highest BCUT2D eigenvalue weighted by Crippen LogP contribution is 2.46. The Kier molecular flexibility index (Phi) is 2.73. The van der Waals surface area contributed by atoms with Crippen LogP contribution < -0.4 is 5.32 Å². The summed E-state index contributed by atoms with van der Waals surface area (Å²) >= 11 is 3.37. The van der Waals surface area contributed by atoms with Crippen LogP contribution in [-0.4, -0.2) is 5.91 Å². The number of rotatable bonds is 2. The SMILES string of the molecule is Cc1ccc(Br)c(NC(=O)C2(C#N)CC2)c1. The molecule has 0 atom stereocenters. The van der Waals surface area contributed by atoms with E-state index in [0.29, 0.717) is 12.8 Å². The van der Waals surface area contributed by atoms with Gasteiger partial charge in [0.15, 0.2) is 0 Å². The normalized spacial score (nSPS) is 16.3. The molecule has 0 aliphatic heterocycles. The molecule has 0 bridgehead atoms. The molecule has 1 aliphatic carbocycles. The molecule has 1 N–H and O–H groups in total. The van der Waals surface area contributed by atoms with Crippen molar-refractivity contribution in [3.63, 3.8) is 0 Å². The van der Waals surface area contributed by atoms with Crippen LogP contribution in [0.25, 0.3) is 0 Å². The summed E-state index contributed by atoms with van der Waals surface area (Å²) in [6.45, 7) is 1.96. The van der Waals surface area contributed by atoms with Gasteiger partial charge in [-0.1, -0.05) is 6.07 Å². The van der Waals surface area contributed by atoms with Gasteiger partial charge in [-0.05, 0) is 53.4 Å². The van der Waals surface area contributed by atoms with E-state index in [1.54, 1.807) is 0 Å². The highest BCUT2D eigenvalue weighted by atomic mass is 79.9. The Hall–Kier alpha value is -1.34. The lowest BCUT2D eigenvalue weighted by Crippen LogP contribution is -2.22. The zero-order chi connectivity index (χ0) is 11.8. The van der Waals surface area contributed by atoms with Crippen molar-refractivity contribution in [1.29, 1.82) is 5.26 Å². The molecule has 1 fully saturated rings. The van der Waals surface area contributed by atoms with Crippen molar-refractivity contribution in [2.45, 2.75) is 19.8 Å². The Morgan fingerprint density at radius 2 is 2.25 bits per heavy atom. The van der Waals surface area contributed by atoms with Crippen LogP contribution in [0.3, 0.4) is 0 Å². The van der Waals surface area contributed by atoms with E-state index in [1.807, 2.05) is 25.1 Å². The van der Waals surface area contributed by atoms with Gasteiger partial charge < -0.3 is 5.32 Å². The van der Waals surface area contributed by atoms with E-state index in [1.165, 1.54) is 0 Å². The number of carbonyl (C=O) groups excluding carboxylic acids is 1. The molecular weight excluding hydrogens is 268 g/mol. The molecule has 1 aromatic carbocycles. The van der Waals surface area contributed by atoms with Crippen molar-refractivity contribution in [2.75, 3.05) is 5.32 Å². The second-order valence-electron chi connectivity index (χ2n) is 4.13. The van der Waals surface area contributed by atoms with Gasteiger partial charge in [0.25, 0.3) is 0 Å². The van der Waals surface area contributed by atoms with E-state index in [4.69, 9.17) is 5.26 Å². The Bertz CT molecular complexity index is 486.